The van der Waals surface area contributed by atoms with E-state index in [9.17, 15) is 5.11 Å². The highest BCUT2D eigenvalue weighted by atomic mass is 16.5. The number of aliphatic hydroxyl groups is 1. The lowest BCUT2D eigenvalue weighted by atomic mass is 9.73. The Hall–Kier alpha value is -0.0800. The van der Waals surface area contributed by atoms with Crippen LogP contribution in [-0.4, -0.2) is 23.9 Å². The van der Waals surface area contributed by atoms with Crippen LogP contribution in [0.3, 0.4) is 0 Å². The summed E-state index contributed by atoms with van der Waals surface area (Å²) in [5, 5.41) is 10.2. The van der Waals surface area contributed by atoms with Gasteiger partial charge in [0.2, 0.25) is 0 Å². The van der Waals surface area contributed by atoms with E-state index in [-0.39, 0.29) is 0 Å². The smallest absolute Gasteiger partial charge is 0.0882 e. The molecule has 3 atom stereocenters. The summed E-state index contributed by atoms with van der Waals surface area (Å²) in [6.45, 7) is 7.68. The first-order chi connectivity index (χ1) is 6.07. The average Bonchev–Trinajstić information content (AvgIpc) is 2.09. The van der Waals surface area contributed by atoms with Gasteiger partial charge < -0.3 is 9.84 Å². The van der Waals surface area contributed by atoms with E-state index in [0.29, 0.717) is 19.1 Å². The molecule has 1 aliphatic carbocycles. The monoisotopic (exact) mass is 186 g/mol. The topological polar surface area (TPSA) is 29.5 Å². The van der Waals surface area contributed by atoms with E-state index >= 15 is 0 Å². The summed E-state index contributed by atoms with van der Waals surface area (Å²) in [5.41, 5.74) is -0.540. The summed E-state index contributed by atoms with van der Waals surface area (Å²) in [5.74, 6) is 1.38. The maximum Gasteiger partial charge on any atom is 0.0882 e. The second-order valence-corrected chi connectivity index (χ2v) is 4.56. The Labute approximate surface area is 81.3 Å². The van der Waals surface area contributed by atoms with Gasteiger partial charge in [-0.3, -0.25) is 0 Å². The van der Waals surface area contributed by atoms with Crippen LogP contribution in [0.2, 0.25) is 0 Å². The van der Waals surface area contributed by atoms with Gasteiger partial charge in [0.1, 0.15) is 0 Å². The minimum absolute atomic E-state index is 0.514. The zero-order chi connectivity index (χ0) is 9.90. The largest absolute Gasteiger partial charge is 0.387 e. The zero-order valence-electron chi connectivity index (χ0n) is 9.05. The van der Waals surface area contributed by atoms with Crippen LogP contribution < -0.4 is 0 Å². The standard InChI is InChI=1S/C11H22O2/c1-4-13-8-11(12)6-5-9(2)10(3)7-11/h9-10,12H,4-8H2,1-3H3. The molecule has 3 unspecified atom stereocenters. The van der Waals surface area contributed by atoms with Gasteiger partial charge in [0.15, 0.2) is 0 Å². The Morgan fingerprint density at radius 1 is 1.38 bits per heavy atom. The van der Waals surface area contributed by atoms with Crippen LogP contribution >= 0.6 is 0 Å². The first-order valence-corrected chi connectivity index (χ1v) is 5.37. The second kappa shape index (κ2) is 4.43. The maximum absolute atomic E-state index is 10.2. The third-order valence-corrected chi connectivity index (χ3v) is 3.31. The molecule has 2 nitrogen and oxygen atoms in total. The minimum Gasteiger partial charge on any atom is -0.387 e. The summed E-state index contributed by atoms with van der Waals surface area (Å²) in [6, 6.07) is 0. The fourth-order valence-corrected chi connectivity index (χ4v) is 2.11. The molecule has 0 radical (unpaired) electrons. The molecule has 0 aromatic rings. The lowest BCUT2D eigenvalue weighted by Gasteiger charge is -2.38. The molecule has 0 aromatic heterocycles. The van der Waals surface area contributed by atoms with Crippen molar-refractivity contribution >= 4 is 0 Å². The quantitative estimate of drug-likeness (QED) is 0.732. The van der Waals surface area contributed by atoms with Gasteiger partial charge >= 0.3 is 0 Å². The predicted octanol–water partition coefficient (Wildman–Crippen LogP) is 2.21. The molecule has 1 N–H and O–H groups in total. The Morgan fingerprint density at radius 3 is 2.62 bits per heavy atom. The van der Waals surface area contributed by atoms with Crippen molar-refractivity contribution in [2.45, 2.75) is 45.6 Å². The summed E-state index contributed by atoms with van der Waals surface area (Å²) in [4.78, 5) is 0. The van der Waals surface area contributed by atoms with Gasteiger partial charge in [-0.25, -0.2) is 0 Å². The Kier molecular flexibility index (Phi) is 3.74. The summed E-state index contributed by atoms with van der Waals surface area (Å²) >= 11 is 0. The molecule has 0 amide bonds. The fourth-order valence-electron chi connectivity index (χ4n) is 2.11. The van der Waals surface area contributed by atoms with Crippen molar-refractivity contribution in [2.75, 3.05) is 13.2 Å². The average molecular weight is 186 g/mol. The van der Waals surface area contributed by atoms with Crippen LogP contribution in [0.15, 0.2) is 0 Å². The van der Waals surface area contributed by atoms with E-state index in [1.165, 1.54) is 0 Å². The molecule has 0 saturated heterocycles. The van der Waals surface area contributed by atoms with Gasteiger partial charge in [-0.05, 0) is 38.0 Å². The Morgan fingerprint density at radius 2 is 2.08 bits per heavy atom. The minimum atomic E-state index is -0.540. The van der Waals surface area contributed by atoms with E-state index in [0.717, 1.165) is 25.2 Å². The van der Waals surface area contributed by atoms with Crippen LogP contribution in [0.1, 0.15) is 40.0 Å². The van der Waals surface area contributed by atoms with E-state index in [2.05, 4.69) is 13.8 Å². The van der Waals surface area contributed by atoms with Crippen LogP contribution in [0.25, 0.3) is 0 Å². The summed E-state index contributed by atoms with van der Waals surface area (Å²) < 4.78 is 5.31. The van der Waals surface area contributed by atoms with Crippen LogP contribution in [-0.2, 0) is 4.74 Å². The molecule has 13 heavy (non-hydrogen) atoms. The molecule has 0 heterocycles. The molecule has 0 bridgehead atoms. The second-order valence-electron chi connectivity index (χ2n) is 4.56. The number of rotatable bonds is 3. The molecule has 1 aliphatic rings. The lowest BCUT2D eigenvalue weighted by Crippen LogP contribution is -2.41. The van der Waals surface area contributed by atoms with Crippen molar-refractivity contribution < 1.29 is 9.84 Å². The highest BCUT2D eigenvalue weighted by Crippen LogP contribution is 2.36. The van der Waals surface area contributed by atoms with Gasteiger partial charge in [-0.15, -0.1) is 0 Å². The Bertz CT molecular complexity index is 154. The molecule has 0 spiro atoms. The van der Waals surface area contributed by atoms with E-state index in [1.54, 1.807) is 0 Å². The van der Waals surface area contributed by atoms with Gasteiger partial charge in [-0.1, -0.05) is 13.8 Å². The lowest BCUT2D eigenvalue weighted by molar-refractivity contribution is -0.0857. The van der Waals surface area contributed by atoms with E-state index in [4.69, 9.17) is 4.74 Å². The first-order valence-electron chi connectivity index (χ1n) is 5.37. The highest BCUT2D eigenvalue weighted by molar-refractivity contribution is 4.87. The highest BCUT2D eigenvalue weighted by Gasteiger charge is 2.35. The molecule has 1 saturated carbocycles. The fraction of sp³-hybridized carbons (Fsp3) is 1.00. The molecule has 78 valence electrons. The zero-order valence-corrected chi connectivity index (χ0v) is 9.05. The normalized spacial score (nSPS) is 40.6. The van der Waals surface area contributed by atoms with Crippen LogP contribution in [0.5, 0.6) is 0 Å². The SMILES string of the molecule is CCOCC1(O)CCC(C)C(C)C1. The first kappa shape index (κ1) is 11.0. The van der Waals surface area contributed by atoms with Crippen LogP contribution in [0.4, 0.5) is 0 Å². The number of hydrogen-bond acceptors (Lipinski definition) is 2. The molecule has 0 aromatic carbocycles. The van der Waals surface area contributed by atoms with Gasteiger partial charge in [0, 0.05) is 6.61 Å². The summed E-state index contributed by atoms with van der Waals surface area (Å²) in [6.07, 6.45) is 2.93. The van der Waals surface area contributed by atoms with E-state index in [1.807, 2.05) is 6.92 Å². The van der Waals surface area contributed by atoms with Crippen LogP contribution in [0, 0.1) is 11.8 Å². The number of hydrogen-bond donors (Lipinski definition) is 1. The van der Waals surface area contributed by atoms with E-state index < -0.39 is 5.60 Å². The van der Waals surface area contributed by atoms with Gasteiger partial charge in [-0.2, -0.15) is 0 Å². The predicted molar refractivity (Wildman–Crippen MR) is 53.6 cm³/mol. The van der Waals surface area contributed by atoms with Crippen molar-refractivity contribution in [2.24, 2.45) is 11.8 Å². The van der Waals surface area contributed by atoms with Gasteiger partial charge in [0.25, 0.3) is 0 Å². The van der Waals surface area contributed by atoms with Crippen molar-refractivity contribution in [1.82, 2.24) is 0 Å². The molecular formula is C11H22O2. The summed E-state index contributed by atoms with van der Waals surface area (Å²) in [7, 11) is 0. The number of ether oxygens (including phenoxy) is 1. The molecule has 1 fully saturated rings. The maximum atomic E-state index is 10.2. The van der Waals surface area contributed by atoms with Crippen molar-refractivity contribution in [3.63, 3.8) is 0 Å². The van der Waals surface area contributed by atoms with Crippen molar-refractivity contribution in [3.8, 4) is 0 Å². The molecule has 0 aliphatic heterocycles. The van der Waals surface area contributed by atoms with Crippen molar-refractivity contribution in [1.29, 1.82) is 0 Å². The molecular weight excluding hydrogens is 164 g/mol. The van der Waals surface area contributed by atoms with Crippen molar-refractivity contribution in [3.05, 3.63) is 0 Å². The Balaban J connectivity index is 2.41. The third-order valence-electron chi connectivity index (χ3n) is 3.31. The molecule has 2 heteroatoms. The molecule has 1 rings (SSSR count). The van der Waals surface area contributed by atoms with Gasteiger partial charge in [0.05, 0.1) is 12.2 Å². The third kappa shape index (κ3) is 2.96.